The van der Waals surface area contributed by atoms with Crippen molar-refractivity contribution < 1.29 is 17.9 Å². The van der Waals surface area contributed by atoms with Crippen LogP contribution in [-0.4, -0.2) is 56.0 Å². The van der Waals surface area contributed by atoms with Crippen molar-refractivity contribution in [2.45, 2.75) is 63.5 Å². The second-order valence-corrected chi connectivity index (χ2v) is 9.25. The Morgan fingerprint density at radius 3 is 2.41 bits per heavy atom. The first-order valence-electron chi connectivity index (χ1n) is 8.68. The van der Waals surface area contributed by atoms with E-state index in [1.165, 1.54) is 6.42 Å². The average molecular weight is 329 g/mol. The van der Waals surface area contributed by atoms with Gasteiger partial charge in [-0.1, -0.05) is 19.3 Å². The van der Waals surface area contributed by atoms with Gasteiger partial charge in [-0.3, -0.25) is 4.79 Å². The number of sulfone groups is 1. The van der Waals surface area contributed by atoms with Gasteiger partial charge >= 0.3 is 0 Å². The first-order valence-corrected chi connectivity index (χ1v) is 10.5. The SMILES string of the molecule is O=C(C1CCCCC1)N(CC1CCCO1)C1CCS(=O)(=O)C1. The Kier molecular flexibility index (Phi) is 5.07. The Morgan fingerprint density at radius 2 is 1.82 bits per heavy atom. The van der Waals surface area contributed by atoms with Crippen LogP contribution < -0.4 is 0 Å². The molecule has 1 amide bonds. The average Bonchev–Trinajstić information content (AvgIpc) is 3.14. The number of ether oxygens (including phenoxy) is 1. The van der Waals surface area contributed by atoms with Crippen LogP contribution in [0.15, 0.2) is 0 Å². The van der Waals surface area contributed by atoms with E-state index in [1.807, 2.05) is 4.90 Å². The lowest BCUT2D eigenvalue weighted by atomic mass is 9.87. The summed E-state index contributed by atoms with van der Waals surface area (Å²) in [5, 5.41) is 0. The standard InChI is InChI=1S/C16H27NO4S/c18-16(13-5-2-1-3-6-13)17(11-15-7-4-9-21-15)14-8-10-22(19,20)12-14/h13-15H,1-12H2. The Labute approximate surface area is 133 Å². The minimum Gasteiger partial charge on any atom is -0.376 e. The summed E-state index contributed by atoms with van der Waals surface area (Å²) in [5.74, 6) is 0.631. The lowest BCUT2D eigenvalue weighted by Crippen LogP contribution is -2.48. The third-order valence-electron chi connectivity index (χ3n) is 5.31. The molecule has 0 spiro atoms. The Balaban J connectivity index is 1.71. The van der Waals surface area contributed by atoms with Gasteiger partial charge < -0.3 is 9.64 Å². The molecule has 0 radical (unpaired) electrons. The summed E-state index contributed by atoms with van der Waals surface area (Å²) in [6.45, 7) is 1.34. The summed E-state index contributed by atoms with van der Waals surface area (Å²) in [7, 11) is -2.97. The van der Waals surface area contributed by atoms with Gasteiger partial charge in [-0.05, 0) is 32.1 Å². The zero-order chi connectivity index (χ0) is 15.6. The lowest BCUT2D eigenvalue weighted by Gasteiger charge is -2.34. The molecule has 5 nitrogen and oxygen atoms in total. The number of carbonyl (C=O) groups excluding carboxylic acids is 1. The quantitative estimate of drug-likeness (QED) is 0.788. The van der Waals surface area contributed by atoms with Crippen molar-refractivity contribution >= 4 is 15.7 Å². The highest BCUT2D eigenvalue weighted by atomic mass is 32.2. The van der Waals surface area contributed by atoms with Gasteiger partial charge in [0.05, 0.1) is 17.6 Å². The molecule has 0 N–H and O–H groups in total. The molecular weight excluding hydrogens is 302 g/mol. The number of hydrogen-bond donors (Lipinski definition) is 0. The van der Waals surface area contributed by atoms with Crippen molar-refractivity contribution in [3.63, 3.8) is 0 Å². The summed E-state index contributed by atoms with van der Waals surface area (Å²) in [6.07, 6.45) is 8.07. The predicted octanol–water partition coefficient (Wildman–Crippen LogP) is 1.76. The van der Waals surface area contributed by atoms with Crippen LogP contribution in [0.25, 0.3) is 0 Å². The molecule has 2 saturated heterocycles. The lowest BCUT2D eigenvalue weighted by molar-refractivity contribution is -0.140. The fraction of sp³-hybridized carbons (Fsp3) is 0.938. The molecule has 0 aromatic carbocycles. The Morgan fingerprint density at radius 1 is 1.05 bits per heavy atom. The molecular formula is C16H27NO4S. The van der Waals surface area contributed by atoms with Gasteiger partial charge in [-0.15, -0.1) is 0 Å². The molecule has 2 aliphatic heterocycles. The predicted molar refractivity (Wildman–Crippen MR) is 84.3 cm³/mol. The zero-order valence-corrected chi connectivity index (χ0v) is 14.0. The first-order chi connectivity index (χ1) is 10.6. The van der Waals surface area contributed by atoms with E-state index in [1.54, 1.807) is 0 Å². The highest BCUT2D eigenvalue weighted by molar-refractivity contribution is 7.91. The number of amides is 1. The zero-order valence-electron chi connectivity index (χ0n) is 13.2. The normalized spacial score (nSPS) is 32.2. The number of hydrogen-bond acceptors (Lipinski definition) is 4. The molecule has 0 aromatic rings. The van der Waals surface area contributed by atoms with E-state index >= 15 is 0 Å². The molecule has 1 aliphatic carbocycles. The third kappa shape index (κ3) is 3.82. The molecule has 0 aromatic heterocycles. The third-order valence-corrected chi connectivity index (χ3v) is 7.06. The summed E-state index contributed by atoms with van der Waals surface area (Å²) < 4.78 is 29.3. The molecule has 0 bridgehead atoms. The van der Waals surface area contributed by atoms with Crippen molar-refractivity contribution in [2.75, 3.05) is 24.7 Å². The van der Waals surface area contributed by atoms with Gasteiger partial charge in [-0.25, -0.2) is 8.42 Å². The van der Waals surface area contributed by atoms with Gasteiger partial charge in [0.2, 0.25) is 5.91 Å². The van der Waals surface area contributed by atoms with Crippen LogP contribution in [0, 0.1) is 5.92 Å². The van der Waals surface area contributed by atoms with Crippen LogP contribution in [0.1, 0.15) is 51.4 Å². The van der Waals surface area contributed by atoms with E-state index in [0.29, 0.717) is 13.0 Å². The molecule has 2 atom stereocenters. The van der Waals surface area contributed by atoms with Crippen LogP contribution in [0.3, 0.4) is 0 Å². The van der Waals surface area contributed by atoms with E-state index < -0.39 is 9.84 Å². The van der Waals surface area contributed by atoms with Crippen molar-refractivity contribution in [3.05, 3.63) is 0 Å². The maximum Gasteiger partial charge on any atom is 0.226 e. The minimum absolute atomic E-state index is 0.0934. The van der Waals surface area contributed by atoms with E-state index in [-0.39, 0.29) is 35.5 Å². The second kappa shape index (κ2) is 6.87. The smallest absolute Gasteiger partial charge is 0.226 e. The number of rotatable bonds is 4. The van der Waals surface area contributed by atoms with Crippen molar-refractivity contribution in [3.8, 4) is 0 Å². The largest absolute Gasteiger partial charge is 0.376 e. The molecule has 126 valence electrons. The molecule has 22 heavy (non-hydrogen) atoms. The van der Waals surface area contributed by atoms with Gasteiger partial charge in [0.25, 0.3) is 0 Å². The first kappa shape index (κ1) is 16.2. The monoisotopic (exact) mass is 329 g/mol. The van der Waals surface area contributed by atoms with Crippen LogP contribution >= 0.6 is 0 Å². The fourth-order valence-electron chi connectivity index (χ4n) is 4.03. The maximum absolute atomic E-state index is 13.0. The summed E-state index contributed by atoms with van der Waals surface area (Å²) in [5.41, 5.74) is 0. The molecule has 3 rings (SSSR count). The molecule has 2 unspecified atom stereocenters. The Bertz CT molecular complexity index is 492. The maximum atomic E-state index is 13.0. The van der Waals surface area contributed by atoms with Crippen LogP contribution in [0.5, 0.6) is 0 Å². The fourth-order valence-corrected chi connectivity index (χ4v) is 5.76. The van der Waals surface area contributed by atoms with Crippen molar-refractivity contribution in [1.29, 1.82) is 0 Å². The topological polar surface area (TPSA) is 63.7 Å². The molecule has 1 saturated carbocycles. The van der Waals surface area contributed by atoms with E-state index in [4.69, 9.17) is 4.74 Å². The van der Waals surface area contributed by atoms with Gasteiger partial charge in [-0.2, -0.15) is 0 Å². The van der Waals surface area contributed by atoms with E-state index in [0.717, 1.165) is 45.1 Å². The molecule has 6 heteroatoms. The summed E-state index contributed by atoms with van der Waals surface area (Å²) in [4.78, 5) is 14.8. The summed E-state index contributed by atoms with van der Waals surface area (Å²) in [6, 6.07) is -0.136. The molecule has 3 aliphatic rings. The number of carbonyl (C=O) groups is 1. The summed E-state index contributed by atoms with van der Waals surface area (Å²) >= 11 is 0. The van der Waals surface area contributed by atoms with Crippen LogP contribution in [-0.2, 0) is 19.4 Å². The van der Waals surface area contributed by atoms with Crippen molar-refractivity contribution in [2.24, 2.45) is 5.92 Å². The highest BCUT2D eigenvalue weighted by Crippen LogP contribution is 2.29. The number of nitrogens with zero attached hydrogens (tertiary/aromatic N) is 1. The highest BCUT2D eigenvalue weighted by Gasteiger charge is 2.38. The molecule has 3 fully saturated rings. The van der Waals surface area contributed by atoms with E-state index in [9.17, 15) is 13.2 Å². The molecule has 2 heterocycles. The second-order valence-electron chi connectivity index (χ2n) is 7.02. The van der Waals surface area contributed by atoms with E-state index in [2.05, 4.69) is 0 Å². The van der Waals surface area contributed by atoms with Crippen LogP contribution in [0.2, 0.25) is 0 Å². The van der Waals surface area contributed by atoms with Gasteiger partial charge in [0.1, 0.15) is 0 Å². The van der Waals surface area contributed by atoms with Gasteiger partial charge in [0, 0.05) is 25.1 Å². The van der Waals surface area contributed by atoms with Crippen LogP contribution in [0.4, 0.5) is 0 Å². The minimum atomic E-state index is -2.97. The Hall–Kier alpha value is -0.620. The van der Waals surface area contributed by atoms with Gasteiger partial charge in [0.15, 0.2) is 9.84 Å². The van der Waals surface area contributed by atoms with Crippen molar-refractivity contribution in [1.82, 2.24) is 4.90 Å².